The molecule has 0 aromatic carbocycles. The van der Waals surface area contributed by atoms with Gasteiger partial charge in [0.2, 0.25) is 0 Å². The Morgan fingerprint density at radius 1 is 1.12 bits per heavy atom. The van der Waals surface area contributed by atoms with Gasteiger partial charge >= 0.3 is 63.3 Å². The zero-order valence-corrected chi connectivity index (χ0v) is 10.5. The van der Waals surface area contributed by atoms with E-state index in [4.69, 9.17) is 19.8 Å². The molecule has 0 fully saturated rings. The molecule has 0 rings (SSSR count). The van der Waals surface area contributed by atoms with Gasteiger partial charge in [-0.05, 0) is 0 Å². The Labute approximate surface area is 102 Å². The third-order valence-corrected chi connectivity index (χ3v) is 0.183. The van der Waals surface area contributed by atoms with Crippen molar-refractivity contribution >= 4 is 11.9 Å². The van der Waals surface area contributed by atoms with Gasteiger partial charge in [0.05, 0.1) is 0 Å². The summed E-state index contributed by atoms with van der Waals surface area (Å²) >= 11 is 0. The molecule has 0 bridgehead atoms. The average molecular weight is 196 g/mol. The molecule has 2 N–H and O–H groups in total. The monoisotopic (exact) mass is 194 g/mol. The first kappa shape index (κ1) is 16.1. The van der Waals surface area contributed by atoms with Crippen molar-refractivity contribution in [2.24, 2.45) is 0 Å². The van der Waals surface area contributed by atoms with E-state index in [-0.39, 0.29) is 72.3 Å². The summed E-state index contributed by atoms with van der Waals surface area (Å²) in [7, 11) is 0. The zero-order valence-electron chi connectivity index (χ0n) is 5.42. The second kappa shape index (κ2) is 8.20. The molecule has 0 amide bonds. The van der Waals surface area contributed by atoms with E-state index in [0.717, 1.165) is 0 Å². The maximum Gasteiger partial charge on any atom is 1.00 e. The first-order valence-corrected chi connectivity index (χ1v) is 1.11. The Bertz CT molecular complexity index is 84.6. The summed E-state index contributed by atoms with van der Waals surface area (Å²) in [6.07, 6.45) is 0. The molecule has 6 heteroatoms. The van der Waals surface area contributed by atoms with Crippen molar-refractivity contribution in [3.05, 3.63) is 0 Å². The van der Waals surface area contributed by atoms with Gasteiger partial charge in [-0.15, -0.1) is 0 Å². The van der Waals surface area contributed by atoms with E-state index in [2.05, 4.69) is 0 Å². The molecular weight excluding hydrogens is 193 g/mol. The molecular formula is C2H3KO4Zn. The van der Waals surface area contributed by atoms with Crippen LogP contribution in [-0.2, 0) is 29.1 Å². The van der Waals surface area contributed by atoms with Gasteiger partial charge in [-0.3, -0.25) is 0 Å². The van der Waals surface area contributed by atoms with Crippen LogP contribution in [0.1, 0.15) is 1.43 Å². The van der Waals surface area contributed by atoms with E-state index in [0.29, 0.717) is 0 Å². The number of aliphatic carboxylic acids is 2. The van der Waals surface area contributed by atoms with Crippen molar-refractivity contribution in [1.82, 2.24) is 0 Å². The number of hydrogen-bond acceptors (Lipinski definition) is 2. The fraction of sp³-hybridized carbons (Fsp3) is 0. The SMILES string of the molecule is O=C(O)C(=O)O.[H-].[K+].[Zn]. The van der Waals surface area contributed by atoms with E-state index in [1.807, 2.05) is 0 Å². The van der Waals surface area contributed by atoms with Gasteiger partial charge in [0.1, 0.15) is 0 Å². The second-order valence-corrected chi connectivity index (χ2v) is 0.610. The third kappa shape index (κ3) is 10.2. The Balaban J connectivity index is -0.0000000417. The standard InChI is InChI=1S/C2H2O4.K.Zn.H/c3-1(4)2(5)6;;;/h(H,3,4)(H,5,6);;;/q;+1;;-1. The molecule has 0 saturated carbocycles. The van der Waals surface area contributed by atoms with Crippen LogP contribution < -0.4 is 51.4 Å². The van der Waals surface area contributed by atoms with Gasteiger partial charge in [-0.25, -0.2) is 9.59 Å². The number of carboxylic acid groups (broad SMARTS) is 2. The van der Waals surface area contributed by atoms with Crippen LogP contribution in [0.5, 0.6) is 0 Å². The van der Waals surface area contributed by atoms with Crippen LogP contribution in [0, 0.1) is 0 Å². The molecule has 0 aliphatic carbocycles. The molecule has 0 heterocycles. The van der Waals surface area contributed by atoms with E-state index in [1.165, 1.54) is 0 Å². The van der Waals surface area contributed by atoms with Crippen molar-refractivity contribution < 1.29 is 92.1 Å². The van der Waals surface area contributed by atoms with Crippen LogP contribution in [0.3, 0.4) is 0 Å². The van der Waals surface area contributed by atoms with Crippen molar-refractivity contribution in [1.29, 1.82) is 0 Å². The normalized spacial score (nSPS) is 5.50. The Hall–Kier alpha value is 1.20. The van der Waals surface area contributed by atoms with Crippen LogP contribution in [0.2, 0.25) is 0 Å². The van der Waals surface area contributed by atoms with Gasteiger partial charge in [-0.1, -0.05) is 0 Å². The molecule has 38 valence electrons. The van der Waals surface area contributed by atoms with E-state index < -0.39 is 11.9 Å². The number of rotatable bonds is 0. The average Bonchev–Trinajstić information content (AvgIpc) is 1.36. The molecule has 0 atom stereocenters. The van der Waals surface area contributed by atoms with Crippen molar-refractivity contribution in [2.45, 2.75) is 0 Å². The maximum absolute atomic E-state index is 9.10. The van der Waals surface area contributed by atoms with Crippen molar-refractivity contribution in [3.8, 4) is 0 Å². The maximum atomic E-state index is 9.10. The van der Waals surface area contributed by atoms with Crippen LogP contribution >= 0.6 is 0 Å². The molecule has 0 unspecified atom stereocenters. The predicted molar refractivity (Wildman–Crippen MR) is 16.4 cm³/mol. The minimum atomic E-state index is -1.82. The molecule has 8 heavy (non-hydrogen) atoms. The quantitative estimate of drug-likeness (QED) is 0.308. The zero-order chi connectivity index (χ0) is 5.15. The molecule has 0 aliphatic heterocycles. The van der Waals surface area contributed by atoms with Crippen LogP contribution in [0.25, 0.3) is 0 Å². The molecule has 0 radical (unpaired) electrons. The van der Waals surface area contributed by atoms with Crippen LogP contribution in [-0.4, -0.2) is 22.2 Å². The summed E-state index contributed by atoms with van der Waals surface area (Å²) in [6.45, 7) is 0. The van der Waals surface area contributed by atoms with Gasteiger partial charge in [0.15, 0.2) is 0 Å². The van der Waals surface area contributed by atoms with E-state index in [1.54, 1.807) is 0 Å². The first-order chi connectivity index (χ1) is 2.64. The summed E-state index contributed by atoms with van der Waals surface area (Å²) < 4.78 is 0. The summed E-state index contributed by atoms with van der Waals surface area (Å²) in [5.74, 6) is -3.65. The Kier molecular flexibility index (Phi) is 16.5. The van der Waals surface area contributed by atoms with E-state index >= 15 is 0 Å². The fourth-order valence-corrected chi connectivity index (χ4v) is 0. The van der Waals surface area contributed by atoms with E-state index in [9.17, 15) is 0 Å². The minimum absolute atomic E-state index is 0. The molecule has 0 spiro atoms. The largest absolute Gasteiger partial charge is 1.00 e. The predicted octanol–water partition coefficient (Wildman–Crippen LogP) is -3.73. The second-order valence-electron chi connectivity index (χ2n) is 0.610. The molecule has 0 aliphatic rings. The summed E-state index contributed by atoms with van der Waals surface area (Å²) in [6, 6.07) is 0. The Morgan fingerprint density at radius 2 is 1.25 bits per heavy atom. The molecule has 0 saturated heterocycles. The minimum Gasteiger partial charge on any atom is -1.00 e. The number of carbonyl (C=O) groups is 2. The fourth-order valence-electron chi connectivity index (χ4n) is 0. The van der Waals surface area contributed by atoms with Gasteiger partial charge in [-0.2, -0.15) is 0 Å². The molecule has 4 nitrogen and oxygen atoms in total. The van der Waals surface area contributed by atoms with Crippen molar-refractivity contribution in [3.63, 3.8) is 0 Å². The third-order valence-electron chi connectivity index (χ3n) is 0.183. The molecule has 0 aromatic heterocycles. The number of carboxylic acids is 2. The van der Waals surface area contributed by atoms with Gasteiger partial charge < -0.3 is 11.6 Å². The van der Waals surface area contributed by atoms with Gasteiger partial charge in [0.25, 0.3) is 0 Å². The summed E-state index contributed by atoms with van der Waals surface area (Å²) in [5, 5.41) is 14.8. The van der Waals surface area contributed by atoms with Crippen molar-refractivity contribution in [2.75, 3.05) is 0 Å². The van der Waals surface area contributed by atoms with Crippen LogP contribution in [0.15, 0.2) is 0 Å². The molecule has 0 aromatic rings. The smallest absolute Gasteiger partial charge is 1.00 e. The van der Waals surface area contributed by atoms with Crippen LogP contribution in [0.4, 0.5) is 0 Å². The van der Waals surface area contributed by atoms with Gasteiger partial charge in [0, 0.05) is 19.5 Å². The Morgan fingerprint density at radius 3 is 1.25 bits per heavy atom. The summed E-state index contributed by atoms with van der Waals surface area (Å²) in [4.78, 5) is 18.2. The number of hydrogen-bond donors (Lipinski definition) is 2. The topological polar surface area (TPSA) is 74.6 Å². The first-order valence-electron chi connectivity index (χ1n) is 1.11. The summed E-state index contributed by atoms with van der Waals surface area (Å²) in [5.41, 5.74) is 0.